The van der Waals surface area contributed by atoms with E-state index in [1.807, 2.05) is 0 Å². The van der Waals surface area contributed by atoms with Gasteiger partial charge in [0.15, 0.2) is 0 Å². The molecule has 0 saturated carbocycles. The van der Waals surface area contributed by atoms with Crippen LogP contribution >= 0.6 is 15.9 Å². The van der Waals surface area contributed by atoms with Gasteiger partial charge >= 0.3 is 10.3 Å². The minimum Gasteiger partial charge on any atom is -0.267 e. The molecule has 0 fully saturated rings. The predicted octanol–water partition coefficient (Wildman–Crippen LogP) is 2.34. The molecule has 1 aromatic rings. The summed E-state index contributed by atoms with van der Waals surface area (Å²) in [5.74, 6) is 0. The number of hydrogen-bond donors (Lipinski definition) is 1. The molecule has 0 saturated heterocycles. The molecule has 0 amide bonds. The van der Waals surface area contributed by atoms with E-state index in [2.05, 4.69) is 25.6 Å². The molecule has 13 heavy (non-hydrogen) atoms. The molecule has 0 atom stereocenters. The fourth-order valence-corrected chi connectivity index (χ4v) is 1.07. The summed E-state index contributed by atoms with van der Waals surface area (Å²) in [6.07, 6.45) is 0. The third kappa shape index (κ3) is 4.11. The second-order valence-electron chi connectivity index (χ2n) is 2.11. The molecule has 0 bridgehead atoms. The zero-order valence-electron chi connectivity index (χ0n) is 6.25. The summed E-state index contributed by atoms with van der Waals surface area (Å²) in [4.78, 5) is 0. The summed E-state index contributed by atoms with van der Waals surface area (Å²) in [5, 5.41) is 3.28. The van der Waals surface area contributed by atoms with Crippen LogP contribution in [-0.2, 0) is 10.3 Å². The van der Waals surface area contributed by atoms with Crippen LogP contribution in [0.5, 0.6) is 0 Å². The maximum Gasteiger partial charge on any atom is 0.396 e. The van der Waals surface area contributed by atoms with Gasteiger partial charge in [0.1, 0.15) is 0 Å². The van der Waals surface area contributed by atoms with Crippen molar-refractivity contribution in [1.29, 1.82) is 0 Å². The van der Waals surface area contributed by atoms with E-state index in [0.29, 0.717) is 5.69 Å². The summed E-state index contributed by atoms with van der Waals surface area (Å²) in [5.41, 5.74) is 0.348. The predicted molar refractivity (Wildman–Crippen MR) is 50.2 cm³/mol. The highest BCUT2D eigenvalue weighted by molar-refractivity contribution is 9.10. The fourth-order valence-electron chi connectivity index (χ4n) is 0.606. The molecule has 0 aliphatic heterocycles. The monoisotopic (exact) mass is 264 g/mol. The molecule has 1 N–H and O–H groups in total. The Morgan fingerprint density at radius 3 is 2.23 bits per heavy atom. The van der Waals surface area contributed by atoms with Gasteiger partial charge in [-0.15, -0.1) is 5.11 Å². The van der Waals surface area contributed by atoms with Crippen molar-refractivity contribution in [1.82, 2.24) is 0 Å². The lowest BCUT2D eigenvalue weighted by Gasteiger charge is -1.90. The summed E-state index contributed by atoms with van der Waals surface area (Å²) in [7, 11) is -4.39. The third-order valence-electron chi connectivity index (χ3n) is 1.09. The molecule has 0 radical (unpaired) electrons. The largest absolute Gasteiger partial charge is 0.396 e. The van der Waals surface area contributed by atoms with Crippen molar-refractivity contribution < 1.29 is 13.0 Å². The van der Waals surface area contributed by atoms with E-state index in [4.69, 9.17) is 4.55 Å². The third-order valence-corrected chi connectivity index (χ3v) is 1.90. The molecule has 5 nitrogen and oxygen atoms in total. The topological polar surface area (TPSA) is 79.1 Å². The Labute approximate surface area is 83.5 Å². The zero-order valence-corrected chi connectivity index (χ0v) is 8.66. The lowest BCUT2D eigenvalue weighted by atomic mass is 10.3. The smallest absolute Gasteiger partial charge is 0.267 e. The molecule has 1 aromatic carbocycles. The highest BCUT2D eigenvalue weighted by Gasteiger charge is 1.98. The molecular formula is C6H5BrN2O3S. The van der Waals surface area contributed by atoms with E-state index >= 15 is 0 Å². The number of hydrogen-bond acceptors (Lipinski definition) is 3. The van der Waals surface area contributed by atoms with Gasteiger partial charge in [0, 0.05) is 4.47 Å². The zero-order chi connectivity index (χ0) is 9.90. The van der Waals surface area contributed by atoms with Gasteiger partial charge in [-0.2, -0.15) is 8.42 Å². The maximum atomic E-state index is 10.2. The molecule has 0 unspecified atom stereocenters. The number of nitrogens with zero attached hydrogens (tertiary/aromatic N) is 2. The van der Waals surface area contributed by atoms with E-state index in [1.165, 1.54) is 0 Å². The highest BCUT2D eigenvalue weighted by atomic mass is 79.9. The highest BCUT2D eigenvalue weighted by Crippen LogP contribution is 2.17. The normalized spacial score (nSPS) is 12.2. The lowest BCUT2D eigenvalue weighted by molar-refractivity contribution is 0.482. The SMILES string of the molecule is O=S(=O)(O)N=Nc1ccc(Br)cc1. The van der Waals surface area contributed by atoms with Crippen molar-refractivity contribution >= 4 is 31.9 Å². The second kappa shape index (κ2) is 3.95. The van der Waals surface area contributed by atoms with Crippen molar-refractivity contribution in [2.75, 3.05) is 0 Å². The van der Waals surface area contributed by atoms with Gasteiger partial charge in [0.05, 0.1) is 5.69 Å². The standard InChI is InChI=1S/C6H5BrN2O3S/c7-5-1-3-6(4-2-5)8-9-13(10,11)12/h1-4H,(H,10,11,12). The average Bonchev–Trinajstić information content (AvgIpc) is 2.02. The molecule has 0 aromatic heterocycles. The summed E-state index contributed by atoms with van der Waals surface area (Å²) < 4.78 is 32.1. The van der Waals surface area contributed by atoms with Crippen LogP contribution in [0.1, 0.15) is 0 Å². The van der Waals surface area contributed by atoms with E-state index in [-0.39, 0.29) is 0 Å². The van der Waals surface area contributed by atoms with Crippen molar-refractivity contribution in [2.45, 2.75) is 0 Å². The van der Waals surface area contributed by atoms with Crippen LogP contribution in [0.2, 0.25) is 0 Å². The fraction of sp³-hybridized carbons (Fsp3) is 0. The first-order valence-electron chi connectivity index (χ1n) is 3.13. The van der Waals surface area contributed by atoms with Gasteiger partial charge in [-0.1, -0.05) is 15.9 Å². The van der Waals surface area contributed by atoms with Crippen LogP contribution in [0.15, 0.2) is 38.4 Å². The molecule has 70 valence electrons. The van der Waals surface area contributed by atoms with Gasteiger partial charge in [0.2, 0.25) is 0 Å². The van der Waals surface area contributed by atoms with Crippen LogP contribution in [0, 0.1) is 0 Å². The summed E-state index contributed by atoms with van der Waals surface area (Å²) in [6, 6.07) is 6.47. The minimum absolute atomic E-state index is 0.348. The van der Waals surface area contributed by atoms with Crippen molar-refractivity contribution in [3.8, 4) is 0 Å². The summed E-state index contributed by atoms with van der Waals surface area (Å²) >= 11 is 3.20. The Kier molecular flexibility index (Phi) is 3.12. The Morgan fingerprint density at radius 1 is 1.23 bits per heavy atom. The molecule has 1 rings (SSSR count). The van der Waals surface area contributed by atoms with Crippen molar-refractivity contribution in [3.63, 3.8) is 0 Å². The van der Waals surface area contributed by atoms with E-state index in [1.54, 1.807) is 24.3 Å². The molecule has 0 heterocycles. The summed E-state index contributed by atoms with van der Waals surface area (Å²) in [6.45, 7) is 0. The van der Waals surface area contributed by atoms with E-state index in [0.717, 1.165) is 4.47 Å². The van der Waals surface area contributed by atoms with Crippen LogP contribution in [0.4, 0.5) is 5.69 Å². The van der Waals surface area contributed by atoms with Crippen LogP contribution < -0.4 is 0 Å². The Hall–Kier alpha value is -0.790. The molecular weight excluding hydrogens is 260 g/mol. The molecule has 0 spiro atoms. The molecule has 0 aliphatic carbocycles. The Morgan fingerprint density at radius 2 is 1.77 bits per heavy atom. The van der Waals surface area contributed by atoms with Crippen molar-refractivity contribution in [3.05, 3.63) is 28.7 Å². The van der Waals surface area contributed by atoms with Gasteiger partial charge < -0.3 is 0 Å². The maximum absolute atomic E-state index is 10.2. The van der Waals surface area contributed by atoms with Gasteiger partial charge in [0.25, 0.3) is 0 Å². The quantitative estimate of drug-likeness (QED) is 0.658. The first-order valence-corrected chi connectivity index (χ1v) is 5.32. The minimum atomic E-state index is -4.39. The van der Waals surface area contributed by atoms with Crippen LogP contribution in [0.25, 0.3) is 0 Å². The Balaban J connectivity index is 2.88. The molecule has 0 aliphatic rings. The first kappa shape index (κ1) is 10.3. The van der Waals surface area contributed by atoms with Gasteiger partial charge in [-0.05, 0) is 28.8 Å². The number of benzene rings is 1. The average molecular weight is 265 g/mol. The van der Waals surface area contributed by atoms with Crippen molar-refractivity contribution in [2.24, 2.45) is 9.63 Å². The molecule has 7 heteroatoms. The second-order valence-corrected chi connectivity index (χ2v) is 4.08. The van der Waals surface area contributed by atoms with Crippen LogP contribution in [-0.4, -0.2) is 13.0 Å². The lowest BCUT2D eigenvalue weighted by Crippen LogP contribution is -1.87. The van der Waals surface area contributed by atoms with Crippen LogP contribution in [0.3, 0.4) is 0 Å². The number of halogens is 1. The van der Waals surface area contributed by atoms with Gasteiger partial charge in [-0.25, -0.2) is 0 Å². The number of rotatable bonds is 2. The Bertz CT molecular complexity index is 412. The van der Waals surface area contributed by atoms with E-state index in [9.17, 15) is 8.42 Å². The van der Waals surface area contributed by atoms with E-state index < -0.39 is 10.3 Å². The first-order chi connectivity index (χ1) is 5.97. The van der Waals surface area contributed by atoms with Gasteiger partial charge in [-0.3, -0.25) is 4.55 Å².